The number of fused-ring (bicyclic) bond motifs is 1. The minimum atomic E-state index is -0.383. The SMILES string of the molecule is CCn1ncc(CN(C)C(=O)c2nc(-c3cc(C)cc(CCC(C)O)c3)nc3ccc(O)cc23)c1C. The molecule has 8 heteroatoms. The third-order valence-electron chi connectivity index (χ3n) is 6.39. The number of aromatic nitrogens is 4. The minimum Gasteiger partial charge on any atom is -0.508 e. The largest absolute Gasteiger partial charge is 0.508 e. The van der Waals surface area contributed by atoms with Crippen molar-refractivity contribution in [2.24, 2.45) is 0 Å². The van der Waals surface area contributed by atoms with Crippen LogP contribution in [0.25, 0.3) is 22.3 Å². The van der Waals surface area contributed by atoms with Crippen LogP contribution in [0, 0.1) is 13.8 Å². The van der Waals surface area contributed by atoms with E-state index >= 15 is 0 Å². The van der Waals surface area contributed by atoms with Gasteiger partial charge in [0.05, 0.1) is 17.8 Å². The number of hydrogen-bond donors (Lipinski definition) is 2. The first-order valence-electron chi connectivity index (χ1n) is 12.2. The van der Waals surface area contributed by atoms with Gasteiger partial charge in [-0.25, -0.2) is 9.97 Å². The number of carbonyl (C=O) groups excluding carboxylic acids is 1. The van der Waals surface area contributed by atoms with E-state index in [4.69, 9.17) is 9.97 Å². The molecule has 8 nitrogen and oxygen atoms in total. The Kier molecular flexibility index (Phi) is 7.35. The number of benzene rings is 2. The third-order valence-corrected chi connectivity index (χ3v) is 6.39. The summed E-state index contributed by atoms with van der Waals surface area (Å²) in [5, 5.41) is 24.7. The summed E-state index contributed by atoms with van der Waals surface area (Å²) in [5.41, 5.74) is 5.74. The normalized spacial score (nSPS) is 12.2. The molecule has 36 heavy (non-hydrogen) atoms. The van der Waals surface area contributed by atoms with Gasteiger partial charge in [-0.2, -0.15) is 5.10 Å². The molecule has 188 valence electrons. The number of amides is 1. The van der Waals surface area contributed by atoms with E-state index < -0.39 is 0 Å². The second kappa shape index (κ2) is 10.5. The van der Waals surface area contributed by atoms with Gasteiger partial charge in [-0.3, -0.25) is 9.48 Å². The predicted octanol–water partition coefficient (Wildman–Crippen LogP) is 4.42. The van der Waals surface area contributed by atoms with E-state index in [0.29, 0.717) is 29.7 Å². The molecule has 0 bridgehead atoms. The van der Waals surface area contributed by atoms with Crippen LogP contribution in [0.1, 0.15) is 53.1 Å². The summed E-state index contributed by atoms with van der Waals surface area (Å²) in [7, 11) is 1.74. The van der Waals surface area contributed by atoms with Crippen molar-refractivity contribution in [3.8, 4) is 17.1 Å². The molecular formula is C28H33N5O3. The van der Waals surface area contributed by atoms with Crippen LogP contribution in [-0.4, -0.2) is 53.9 Å². The summed E-state index contributed by atoms with van der Waals surface area (Å²) in [4.78, 5) is 24.7. The number of rotatable bonds is 8. The molecule has 0 radical (unpaired) electrons. The highest BCUT2D eigenvalue weighted by Crippen LogP contribution is 2.27. The van der Waals surface area contributed by atoms with Gasteiger partial charge in [0, 0.05) is 42.3 Å². The van der Waals surface area contributed by atoms with Crippen LogP contribution in [-0.2, 0) is 19.5 Å². The van der Waals surface area contributed by atoms with E-state index in [2.05, 4.69) is 11.2 Å². The molecule has 1 amide bonds. The maximum atomic E-state index is 13.7. The zero-order valence-corrected chi connectivity index (χ0v) is 21.5. The van der Waals surface area contributed by atoms with Gasteiger partial charge in [-0.1, -0.05) is 11.6 Å². The molecule has 4 aromatic rings. The standard InChI is InChI=1S/C28H33N5O3/c1-6-33-19(4)22(15-29-33)16-32(5)28(36)26-24-14-23(35)9-10-25(24)30-27(31-26)21-12-17(2)11-20(13-21)8-7-18(3)34/h9-15,18,34-35H,6-8,16H2,1-5H3. The van der Waals surface area contributed by atoms with Gasteiger partial charge in [0.25, 0.3) is 5.91 Å². The van der Waals surface area contributed by atoms with Crippen molar-refractivity contribution in [3.63, 3.8) is 0 Å². The van der Waals surface area contributed by atoms with E-state index in [1.54, 1.807) is 37.2 Å². The van der Waals surface area contributed by atoms with E-state index in [0.717, 1.165) is 40.9 Å². The molecule has 2 N–H and O–H groups in total. The molecule has 0 saturated carbocycles. The van der Waals surface area contributed by atoms with Crippen LogP contribution < -0.4 is 0 Å². The molecule has 0 aliphatic heterocycles. The Labute approximate surface area is 211 Å². The van der Waals surface area contributed by atoms with E-state index in [9.17, 15) is 15.0 Å². The molecule has 1 unspecified atom stereocenters. The van der Waals surface area contributed by atoms with Crippen molar-refractivity contribution in [3.05, 3.63) is 70.7 Å². The molecule has 1 atom stereocenters. The lowest BCUT2D eigenvalue weighted by molar-refractivity contribution is 0.0781. The molecule has 0 fully saturated rings. The molecule has 4 rings (SSSR count). The molecule has 2 aromatic heterocycles. The summed E-state index contributed by atoms with van der Waals surface area (Å²) >= 11 is 0. The molecule has 0 aliphatic carbocycles. The number of aromatic hydroxyl groups is 1. The lowest BCUT2D eigenvalue weighted by Crippen LogP contribution is -2.27. The second-order valence-corrected chi connectivity index (χ2v) is 9.42. The van der Waals surface area contributed by atoms with Crippen LogP contribution in [0.3, 0.4) is 0 Å². The molecule has 0 saturated heterocycles. The predicted molar refractivity (Wildman–Crippen MR) is 140 cm³/mol. The summed E-state index contributed by atoms with van der Waals surface area (Å²) in [6.07, 6.45) is 2.79. The highest BCUT2D eigenvalue weighted by Gasteiger charge is 2.21. The Balaban J connectivity index is 1.75. The third kappa shape index (κ3) is 5.39. The monoisotopic (exact) mass is 487 g/mol. The number of aryl methyl sites for hydroxylation is 3. The number of aliphatic hydroxyl groups is 1. The lowest BCUT2D eigenvalue weighted by Gasteiger charge is -2.18. The maximum absolute atomic E-state index is 13.7. The second-order valence-electron chi connectivity index (χ2n) is 9.42. The number of phenols is 1. The van der Waals surface area contributed by atoms with Gasteiger partial charge in [0.2, 0.25) is 0 Å². The first-order chi connectivity index (χ1) is 17.2. The van der Waals surface area contributed by atoms with Crippen molar-refractivity contribution in [1.82, 2.24) is 24.6 Å². The van der Waals surface area contributed by atoms with Crippen LogP contribution in [0.4, 0.5) is 0 Å². The maximum Gasteiger partial charge on any atom is 0.273 e. The van der Waals surface area contributed by atoms with Gasteiger partial charge in [-0.15, -0.1) is 0 Å². The number of carbonyl (C=O) groups is 1. The first kappa shape index (κ1) is 25.3. The van der Waals surface area contributed by atoms with Gasteiger partial charge in [-0.05, 0) is 76.4 Å². The lowest BCUT2D eigenvalue weighted by atomic mass is 10.0. The summed E-state index contributed by atoms with van der Waals surface area (Å²) < 4.78 is 1.90. The smallest absolute Gasteiger partial charge is 0.273 e. The van der Waals surface area contributed by atoms with Crippen LogP contribution >= 0.6 is 0 Å². The van der Waals surface area contributed by atoms with E-state index in [1.165, 1.54) is 6.07 Å². The van der Waals surface area contributed by atoms with Crippen molar-refractivity contribution in [2.45, 2.75) is 59.7 Å². The Morgan fingerprint density at radius 2 is 1.92 bits per heavy atom. The van der Waals surface area contributed by atoms with Crippen molar-refractivity contribution in [1.29, 1.82) is 0 Å². The zero-order chi connectivity index (χ0) is 26.0. The van der Waals surface area contributed by atoms with Crippen LogP contribution in [0.2, 0.25) is 0 Å². The van der Waals surface area contributed by atoms with Gasteiger partial charge in [0.1, 0.15) is 11.4 Å². The zero-order valence-electron chi connectivity index (χ0n) is 21.5. The van der Waals surface area contributed by atoms with E-state index in [-0.39, 0.29) is 23.5 Å². The van der Waals surface area contributed by atoms with Crippen molar-refractivity contribution >= 4 is 16.8 Å². The highest BCUT2D eigenvalue weighted by atomic mass is 16.3. The Bertz CT molecular complexity index is 1410. The number of nitrogens with zero attached hydrogens (tertiary/aromatic N) is 5. The molecule has 2 heterocycles. The average molecular weight is 488 g/mol. The fraction of sp³-hybridized carbons (Fsp3) is 0.357. The quantitative estimate of drug-likeness (QED) is 0.381. The summed E-state index contributed by atoms with van der Waals surface area (Å²) in [5.74, 6) is 0.230. The molecule has 2 aromatic carbocycles. The Morgan fingerprint density at radius 1 is 1.14 bits per heavy atom. The Morgan fingerprint density at radius 3 is 2.61 bits per heavy atom. The topological polar surface area (TPSA) is 104 Å². The first-order valence-corrected chi connectivity index (χ1v) is 12.2. The van der Waals surface area contributed by atoms with E-state index in [1.807, 2.05) is 37.6 Å². The summed E-state index contributed by atoms with van der Waals surface area (Å²) in [6.45, 7) is 8.96. The van der Waals surface area contributed by atoms with Gasteiger partial charge >= 0.3 is 0 Å². The fourth-order valence-electron chi connectivity index (χ4n) is 4.39. The molecular weight excluding hydrogens is 454 g/mol. The average Bonchev–Trinajstić information content (AvgIpc) is 3.20. The number of hydrogen-bond acceptors (Lipinski definition) is 6. The van der Waals surface area contributed by atoms with Crippen LogP contribution in [0.5, 0.6) is 5.75 Å². The number of aliphatic hydroxyl groups excluding tert-OH is 1. The van der Waals surface area contributed by atoms with Crippen molar-refractivity contribution < 1.29 is 15.0 Å². The minimum absolute atomic E-state index is 0.0478. The van der Waals surface area contributed by atoms with Crippen molar-refractivity contribution in [2.75, 3.05) is 7.05 Å². The summed E-state index contributed by atoms with van der Waals surface area (Å²) in [6, 6.07) is 10.9. The fourth-order valence-corrected chi connectivity index (χ4v) is 4.39. The van der Waals surface area contributed by atoms with Gasteiger partial charge < -0.3 is 15.1 Å². The Hall–Kier alpha value is -3.78. The number of phenolic OH excluding ortho intramolecular Hbond substituents is 1. The molecule has 0 aliphatic rings. The van der Waals surface area contributed by atoms with Gasteiger partial charge in [0.15, 0.2) is 5.82 Å². The molecule has 0 spiro atoms. The van der Waals surface area contributed by atoms with Crippen LogP contribution in [0.15, 0.2) is 42.6 Å². The highest BCUT2D eigenvalue weighted by molar-refractivity contribution is 6.05.